The number of nitrogens with zero attached hydrogens (tertiary/aromatic N) is 3. The zero-order chi connectivity index (χ0) is 18.7. The van der Waals surface area contributed by atoms with Crippen LogP contribution < -0.4 is 4.74 Å². The zero-order valence-corrected chi connectivity index (χ0v) is 15.9. The summed E-state index contributed by atoms with van der Waals surface area (Å²) in [6.07, 6.45) is 6.69. The fraction of sp³-hybridized carbons (Fsp3) is 0.455. The number of ether oxygens (including phenoxy) is 1. The fourth-order valence-electron chi connectivity index (χ4n) is 4.49. The Morgan fingerprint density at radius 1 is 1.07 bits per heavy atom. The molecule has 5 nitrogen and oxygen atoms in total. The van der Waals surface area contributed by atoms with Crippen molar-refractivity contribution >= 4 is 5.91 Å². The number of likely N-dealkylation sites (tertiary alicyclic amines) is 2. The van der Waals surface area contributed by atoms with E-state index in [1.54, 1.807) is 13.3 Å². The van der Waals surface area contributed by atoms with Crippen LogP contribution in [-0.4, -0.2) is 47.4 Å². The first kappa shape index (κ1) is 18.0. The molecule has 4 rings (SSSR count). The average molecular weight is 365 g/mol. The van der Waals surface area contributed by atoms with E-state index < -0.39 is 0 Å². The van der Waals surface area contributed by atoms with Gasteiger partial charge in [-0.15, -0.1) is 0 Å². The van der Waals surface area contributed by atoms with Crippen LogP contribution in [0.2, 0.25) is 0 Å². The van der Waals surface area contributed by atoms with Crippen LogP contribution in [0.5, 0.6) is 5.75 Å². The first-order valence-corrected chi connectivity index (χ1v) is 9.72. The van der Waals surface area contributed by atoms with Crippen molar-refractivity contribution in [1.82, 2.24) is 14.8 Å². The molecule has 3 heterocycles. The van der Waals surface area contributed by atoms with Crippen LogP contribution in [-0.2, 0) is 17.9 Å². The number of pyridine rings is 1. The van der Waals surface area contributed by atoms with Crippen LogP contribution in [0.4, 0.5) is 0 Å². The van der Waals surface area contributed by atoms with Gasteiger partial charge in [-0.2, -0.15) is 0 Å². The molecule has 2 fully saturated rings. The van der Waals surface area contributed by atoms with Gasteiger partial charge in [0.1, 0.15) is 5.75 Å². The molecule has 0 saturated carbocycles. The monoisotopic (exact) mass is 365 g/mol. The highest BCUT2D eigenvalue weighted by Crippen LogP contribution is 2.41. The van der Waals surface area contributed by atoms with E-state index in [0.29, 0.717) is 12.5 Å². The molecule has 1 spiro atoms. The van der Waals surface area contributed by atoms with Crippen molar-refractivity contribution in [2.24, 2.45) is 5.41 Å². The molecular weight excluding hydrogens is 338 g/mol. The quantitative estimate of drug-likeness (QED) is 0.817. The van der Waals surface area contributed by atoms with Crippen LogP contribution in [0, 0.1) is 5.41 Å². The fourth-order valence-corrected chi connectivity index (χ4v) is 4.49. The van der Waals surface area contributed by atoms with Crippen molar-refractivity contribution in [2.75, 3.05) is 26.7 Å². The number of carbonyl (C=O) groups is 1. The summed E-state index contributed by atoms with van der Waals surface area (Å²) in [7, 11) is 1.69. The lowest BCUT2D eigenvalue weighted by Crippen LogP contribution is -2.47. The van der Waals surface area contributed by atoms with Crippen molar-refractivity contribution in [2.45, 2.75) is 32.4 Å². The zero-order valence-electron chi connectivity index (χ0n) is 15.9. The molecule has 2 aliphatic heterocycles. The van der Waals surface area contributed by atoms with Crippen molar-refractivity contribution in [3.8, 4) is 5.75 Å². The highest BCUT2D eigenvalue weighted by atomic mass is 16.5. The summed E-state index contributed by atoms with van der Waals surface area (Å²) in [5.41, 5.74) is 2.17. The van der Waals surface area contributed by atoms with E-state index in [1.165, 1.54) is 5.56 Å². The maximum absolute atomic E-state index is 13.2. The molecule has 27 heavy (non-hydrogen) atoms. The predicted molar refractivity (Wildman–Crippen MR) is 104 cm³/mol. The molecule has 0 bridgehead atoms. The first-order chi connectivity index (χ1) is 13.2. The Morgan fingerprint density at radius 3 is 2.67 bits per heavy atom. The minimum atomic E-state index is -0.201. The smallest absolute Gasteiger partial charge is 0.230 e. The summed E-state index contributed by atoms with van der Waals surface area (Å²) >= 11 is 0. The molecular formula is C22H27N3O2. The van der Waals surface area contributed by atoms with Gasteiger partial charge in [0.15, 0.2) is 0 Å². The third-order valence-electron chi connectivity index (χ3n) is 5.92. The molecule has 1 aromatic carbocycles. The minimum Gasteiger partial charge on any atom is -0.497 e. The van der Waals surface area contributed by atoms with E-state index in [9.17, 15) is 4.79 Å². The molecule has 1 aromatic heterocycles. The number of benzene rings is 1. The van der Waals surface area contributed by atoms with Gasteiger partial charge in [0.2, 0.25) is 5.91 Å². The van der Waals surface area contributed by atoms with Gasteiger partial charge in [0.25, 0.3) is 0 Å². The second-order valence-electron chi connectivity index (χ2n) is 7.78. The van der Waals surface area contributed by atoms with Crippen molar-refractivity contribution < 1.29 is 9.53 Å². The van der Waals surface area contributed by atoms with E-state index >= 15 is 0 Å². The predicted octanol–water partition coefficient (Wildman–Crippen LogP) is 3.10. The lowest BCUT2D eigenvalue weighted by atomic mass is 9.78. The summed E-state index contributed by atoms with van der Waals surface area (Å²) in [4.78, 5) is 21.9. The van der Waals surface area contributed by atoms with Crippen molar-refractivity contribution in [1.29, 1.82) is 0 Å². The Bertz CT molecular complexity index is 778. The molecule has 2 aromatic rings. The average Bonchev–Trinajstić information content (AvgIpc) is 2.99. The van der Waals surface area contributed by atoms with Gasteiger partial charge in [-0.3, -0.25) is 14.7 Å². The number of hydrogen-bond donors (Lipinski definition) is 0. The molecule has 2 saturated heterocycles. The van der Waals surface area contributed by atoms with Crippen LogP contribution >= 0.6 is 0 Å². The van der Waals surface area contributed by atoms with Gasteiger partial charge < -0.3 is 9.64 Å². The van der Waals surface area contributed by atoms with E-state index in [1.807, 2.05) is 35.4 Å². The molecule has 1 atom stereocenters. The molecule has 2 aliphatic rings. The number of aromatic nitrogens is 1. The van der Waals surface area contributed by atoms with Crippen LogP contribution in [0.25, 0.3) is 0 Å². The number of amides is 1. The van der Waals surface area contributed by atoms with Gasteiger partial charge in [-0.25, -0.2) is 0 Å². The molecule has 0 radical (unpaired) electrons. The topological polar surface area (TPSA) is 45.7 Å². The molecule has 1 amide bonds. The second kappa shape index (κ2) is 7.69. The Labute approximate surface area is 161 Å². The summed E-state index contributed by atoms with van der Waals surface area (Å²) in [6.45, 7) is 4.34. The van der Waals surface area contributed by atoms with E-state index in [4.69, 9.17) is 4.74 Å². The third kappa shape index (κ3) is 3.83. The highest BCUT2D eigenvalue weighted by molar-refractivity contribution is 5.85. The van der Waals surface area contributed by atoms with Crippen LogP contribution in [0.1, 0.15) is 30.4 Å². The standard InChI is InChI=1S/C22H27N3O2/c1-27-20-7-5-18(6-8-20)15-24-12-3-9-22(17-24)10-13-25(21(22)26)16-19-4-2-11-23-14-19/h2,4-8,11,14H,3,9-10,12-13,15-17H2,1H3/t22-/m0/s1. The summed E-state index contributed by atoms with van der Waals surface area (Å²) < 4.78 is 5.24. The molecule has 0 unspecified atom stereocenters. The largest absolute Gasteiger partial charge is 0.497 e. The number of carbonyl (C=O) groups excluding carboxylic acids is 1. The Hall–Kier alpha value is -2.40. The van der Waals surface area contributed by atoms with Crippen LogP contribution in [0.15, 0.2) is 48.8 Å². The molecule has 0 aliphatic carbocycles. The lowest BCUT2D eigenvalue weighted by molar-refractivity contribution is -0.139. The van der Waals surface area contributed by atoms with Gasteiger partial charge in [-0.05, 0) is 55.1 Å². The van der Waals surface area contributed by atoms with E-state index in [-0.39, 0.29) is 5.41 Å². The number of piperidine rings is 1. The van der Waals surface area contributed by atoms with Crippen LogP contribution in [0.3, 0.4) is 0 Å². The Balaban J connectivity index is 1.41. The van der Waals surface area contributed by atoms with Crippen molar-refractivity contribution in [3.05, 3.63) is 59.9 Å². The maximum Gasteiger partial charge on any atom is 0.230 e. The summed E-state index contributed by atoms with van der Waals surface area (Å²) in [5.74, 6) is 1.21. The summed E-state index contributed by atoms with van der Waals surface area (Å²) in [5, 5.41) is 0. The lowest BCUT2D eigenvalue weighted by Gasteiger charge is -2.39. The van der Waals surface area contributed by atoms with Gasteiger partial charge in [-0.1, -0.05) is 18.2 Å². The normalized spacial score (nSPS) is 23.1. The second-order valence-corrected chi connectivity index (χ2v) is 7.78. The maximum atomic E-state index is 13.2. The SMILES string of the molecule is COc1ccc(CN2CCC[C@]3(CCN(Cc4cccnc4)C3=O)C2)cc1. The molecule has 0 N–H and O–H groups in total. The minimum absolute atomic E-state index is 0.201. The third-order valence-corrected chi connectivity index (χ3v) is 5.92. The first-order valence-electron chi connectivity index (χ1n) is 9.72. The summed E-state index contributed by atoms with van der Waals surface area (Å²) in [6, 6.07) is 12.2. The Kier molecular flexibility index (Phi) is 5.12. The number of methoxy groups -OCH3 is 1. The molecule has 142 valence electrons. The van der Waals surface area contributed by atoms with Gasteiger partial charge >= 0.3 is 0 Å². The van der Waals surface area contributed by atoms with E-state index in [2.05, 4.69) is 22.0 Å². The number of rotatable bonds is 5. The molecule has 5 heteroatoms. The van der Waals surface area contributed by atoms with Gasteiger partial charge in [0.05, 0.1) is 12.5 Å². The van der Waals surface area contributed by atoms with E-state index in [0.717, 1.165) is 56.8 Å². The Morgan fingerprint density at radius 2 is 1.93 bits per heavy atom. The number of hydrogen-bond acceptors (Lipinski definition) is 4. The van der Waals surface area contributed by atoms with Crippen molar-refractivity contribution in [3.63, 3.8) is 0 Å². The van der Waals surface area contributed by atoms with Gasteiger partial charge in [0, 0.05) is 38.6 Å². The highest BCUT2D eigenvalue weighted by Gasteiger charge is 2.48.